The number of nitrogens with one attached hydrogen (secondary N) is 1. The molecule has 1 rings (SSSR count). The second kappa shape index (κ2) is 6.81. The number of halogens is 3. The van der Waals surface area contributed by atoms with Crippen molar-refractivity contribution in [3.05, 3.63) is 27.2 Å². The summed E-state index contributed by atoms with van der Waals surface area (Å²) in [6.45, 7) is 3.83. The molecule has 0 aliphatic heterocycles. The summed E-state index contributed by atoms with van der Waals surface area (Å²) in [6, 6.07) is 2.64. The van der Waals surface area contributed by atoms with Gasteiger partial charge in [0.2, 0.25) is 10.0 Å². The van der Waals surface area contributed by atoms with Crippen molar-refractivity contribution in [2.75, 3.05) is 13.2 Å². The van der Waals surface area contributed by atoms with Crippen molar-refractivity contribution >= 4 is 44.8 Å². The van der Waals surface area contributed by atoms with E-state index in [1.54, 1.807) is 0 Å². The molecule has 0 heterocycles. The van der Waals surface area contributed by atoms with Gasteiger partial charge in [-0.1, -0.05) is 48.7 Å². The molecule has 0 aromatic heterocycles. The van der Waals surface area contributed by atoms with Crippen molar-refractivity contribution in [2.45, 2.75) is 25.2 Å². The van der Waals surface area contributed by atoms with Gasteiger partial charge >= 0.3 is 0 Å². The second-order valence-corrected chi connectivity index (χ2v) is 8.12. The van der Waals surface area contributed by atoms with Gasteiger partial charge < -0.3 is 5.11 Å². The standard InChI is InChI=1S/C12H16Cl3NO3S/c1-12(2,3-4-17)7-16-20(18,19)11-9(14)5-8(13)6-10(11)15/h5-6,16-17H,3-4,7H2,1-2H3. The molecular weight excluding hydrogens is 345 g/mol. The predicted molar refractivity (Wildman–Crippen MR) is 82.1 cm³/mol. The number of aliphatic hydroxyl groups is 1. The fourth-order valence-corrected chi connectivity index (χ4v) is 4.32. The molecule has 0 saturated heterocycles. The minimum atomic E-state index is -3.84. The van der Waals surface area contributed by atoms with Crippen molar-refractivity contribution in [3.8, 4) is 0 Å². The molecule has 0 bridgehead atoms. The third-order valence-corrected chi connectivity index (χ3v) is 5.30. The predicted octanol–water partition coefficient (Wildman–Crippen LogP) is 3.33. The number of benzene rings is 1. The molecule has 0 saturated carbocycles. The van der Waals surface area contributed by atoms with Crippen LogP contribution in [-0.2, 0) is 10.0 Å². The Morgan fingerprint density at radius 1 is 1.20 bits per heavy atom. The average Bonchev–Trinajstić information content (AvgIpc) is 2.24. The molecule has 0 spiro atoms. The normalized spacial score (nSPS) is 12.7. The monoisotopic (exact) mass is 359 g/mol. The highest BCUT2D eigenvalue weighted by atomic mass is 35.5. The van der Waals surface area contributed by atoms with Crippen LogP contribution in [0.15, 0.2) is 17.0 Å². The molecule has 8 heteroatoms. The molecule has 114 valence electrons. The van der Waals surface area contributed by atoms with E-state index in [0.29, 0.717) is 6.42 Å². The number of hydrogen-bond donors (Lipinski definition) is 2. The van der Waals surface area contributed by atoms with E-state index in [9.17, 15) is 8.42 Å². The van der Waals surface area contributed by atoms with E-state index in [2.05, 4.69) is 4.72 Å². The van der Waals surface area contributed by atoms with Crippen LogP contribution in [0.2, 0.25) is 15.1 Å². The summed E-state index contributed by atoms with van der Waals surface area (Å²) in [5, 5.41) is 9.13. The van der Waals surface area contributed by atoms with Crippen molar-refractivity contribution in [2.24, 2.45) is 5.41 Å². The smallest absolute Gasteiger partial charge is 0.243 e. The highest BCUT2D eigenvalue weighted by Gasteiger charge is 2.26. The van der Waals surface area contributed by atoms with Crippen molar-refractivity contribution in [3.63, 3.8) is 0 Å². The van der Waals surface area contributed by atoms with Crippen LogP contribution in [0.4, 0.5) is 0 Å². The zero-order valence-electron chi connectivity index (χ0n) is 11.1. The first kappa shape index (κ1) is 18.0. The van der Waals surface area contributed by atoms with E-state index in [-0.39, 0.29) is 38.5 Å². The summed E-state index contributed by atoms with van der Waals surface area (Å²) in [4.78, 5) is -0.190. The second-order valence-electron chi connectivity index (χ2n) is 5.16. The summed E-state index contributed by atoms with van der Waals surface area (Å²) >= 11 is 17.6. The third kappa shape index (κ3) is 4.76. The molecule has 1 aromatic rings. The van der Waals surface area contributed by atoms with Gasteiger partial charge in [-0.05, 0) is 24.0 Å². The Hall–Kier alpha value is -0.0400. The molecule has 4 nitrogen and oxygen atoms in total. The molecule has 0 radical (unpaired) electrons. The summed E-state index contributed by atoms with van der Waals surface area (Å²) < 4.78 is 27.0. The maximum Gasteiger partial charge on any atom is 0.243 e. The lowest BCUT2D eigenvalue weighted by molar-refractivity contribution is 0.213. The van der Waals surface area contributed by atoms with Gasteiger partial charge in [-0.15, -0.1) is 0 Å². The topological polar surface area (TPSA) is 66.4 Å². The molecular formula is C12H16Cl3NO3S. The van der Waals surface area contributed by atoms with Crippen molar-refractivity contribution in [1.29, 1.82) is 0 Å². The largest absolute Gasteiger partial charge is 0.396 e. The van der Waals surface area contributed by atoms with E-state index in [1.807, 2.05) is 13.8 Å². The van der Waals surface area contributed by atoms with Gasteiger partial charge in [0.15, 0.2) is 0 Å². The Bertz CT molecular complexity index is 565. The Labute approximate surface area is 134 Å². The molecule has 0 amide bonds. The lowest BCUT2D eigenvalue weighted by Crippen LogP contribution is -2.34. The molecule has 0 fully saturated rings. The lowest BCUT2D eigenvalue weighted by Gasteiger charge is -2.24. The van der Waals surface area contributed by atoms with Crippen molar-refractivity contribution < 1.29 is 13.5 Å². The average molecular weight is 361 g/mol. The lowest BCUT2D eigenvalue weighted by atomic mass is 9.90. The van der Waals surface area contributed by atoms with Gasteiger partial charge in [0, 0.05) is 18.2 Å². The van der Waals surface area contributed by atoms with E-state index in [4.69, 9.17) is 39.9 Å². The molecule has 0 atom stereocenters. The van der Waals surface area contributed by atoms with Gasteiger partial charge in [-0.25, -0.2) is 13.1 Å². The van der Waals surface area contributed by atoms with Gasteiger partial charge in [0.1, 0.15) is 4.90 Å². The van der Waals surface area contributed by atoms with E-state index in [0.717, 1.165) is 0 Å². The van der Waals surface area contributed by atoms with Crippen LogP contribution in [0.5, 0.6) is 0 Å². The molecule has 2 N–H and O–H groups in total. The third-order valence-electron chi connectivity index (χ3n) is 2.76. The highest BCUT2D eigenvalue weighted by molar-refractivity contribution is 7.89. The molecule has 0 unspecified atom stereocenters. The van der Waals surface area contributed by atoms with E-state index < -0.39 is 10.0 Å². The fraction of sp³-hybridized carbons (Fsp3) is 0.500. The van der Waals surface area contributed by atoms with Crippen LogP contribution >= 0.6 is 34.8 Å². The number of rotatable bonds is 6. The highest BCUT2D eigenvalue weighted by Crippen LogP contribution is 2.33. The SMILES string of the molecule is CC(C)(CCO)CNS(=O)(=O)c1c(Cl)cc(Cl)cc1Cl. The van der Waals surface area contributed by atoms with E-state index >= 15 is 0 Å². The first-order chi connectivity index (χ1) is 9.09. The summed E-state index contributed by atoms with van der Waals surface area (Å²) in [7, 11) is -3.84. The zero-order chi connectivity index (χ0) is 15.6. The molecule has 20 heavy (non-hydrogen) atoms. The van der Waals surface area contributed by atoms with Gasteiger partial charge in [-0.2, -0.15) is 0 Å². The Morgan fingerprint density at radius 2 is 1.70 bits per heavy atom. The van der Waals surface area contributed by atoms with Gasteiger partial charge in [-0.3, -0.25) is 0 Å². The quantitative estimate of drug-likeness (QED) is 0.817. The summed E-state index contributed by atoms with van der Waals surface area (Å²) in [5.74, 6) is 0. The van der Waals surface area contributed by atoms with Crippen LogP contribution in [-0.4, -0.2) is 26.7 Å². The number of hydrogen-bond acceptors (Lipinski definition) is 3. The van der Waals surface area contributed by atoms with Crippen LogP contribution in [0.25, 0.3) is 0 Å². The summed E-state index contributed by atoms with van der Waals surface area (Å²) in [6.07, 6.45) is 0.470. The Morgan fingerprint density at radius 3 is 2.15 bits per heavy atom. The van der Waals surface area contributed by atoms with Gasteiger partial charge in [0.25, 0.3) is 0 Å². The van der Waals surface area contributed by atoms with Crippen LogP contribution in [0.3, 0.4) is 0 Å². The minimum Gasteiger partial charge on any atom is -0.396 e. The molecule has 0 aliphatic rings. The Kier molecular flexibility index (Phi) is 6.14. The summed E-state index contributed by atoms with van der Waals surface area (Å²) in [5.41, 5.74) is -0.382. The molecule has 1 aromatic carbocycles. The number of aliphatic hydroxyl groups excluding tert-OH is 1. The van der Waals surface area contributed by atoms with E-state index in [1.165, 1.54) is 12.1 Å². The fourth-order valence-electron chi connectivity index (χ4n) is 1.54. The van der Waals surface area contributed by atoms with Crippen LogP contribution in [0, 0.1) is 5.41 Å². The number of sulfonamides is 1. The van der Waals surface area contributed by atoms with Crippen molar-refractivity contribution in [1.82, 2.24) is 4.72 Å². The zero-order valence-corrected chi connectivity index (χ0v) is 14.2. The minimum absolute atomic E-state index is 0.0167. The van der Waals surface area contributed by atoms with Crippen LogP contribution in [0.1, 0.15) is 20.3 Å². The Balaban J connectivity index is 3.01. The molecule has 0 aliphatic carbocycles. The van der Waals surface area contributed by atoms with Crippen LogP contribution < -0.4 is 4.72 Å². The first-order valence-electron chi connectivity index (χ1n) is 5.84. The first-order valence-corrected chi connectivity index (χ1v) is 8.46. The maximum atomic E-state index is 12.3. The van der Waals surface area contributed by atoms with Gasteiger partial charge in [0.05, 0.1) is 10.0 Å². The maximum absolute atomic E-state index is 12.3.